The molecule has 1 unspecified atom stereocenters. The third-order valence-corrected chi connectivity index (χ3v) is 6.09. The van der Waals surface area contributed by atoms with Crippen molar-refractivity contribution in [2.75, 3.05) is 6.26 Å². The maximum atomic E-state index is 13.0. The molecule has 0 aliphatic heterocycles. The van der Waals surface area contributed by atoms with Gasteiger partial charge in [-0.25, -0.2) is 18.1 Å². The molecule has 135 valence electrons. The van der Waals surface area contributed by atoms with E-state index in [0.717, 1.165) is 37.7 Å². The van der Waals surface area contributed by atoms with Gasteiger partial charge in [-0.1, -0.05) is 19.1 Å². The van der Waals surface area contributed by atoms with E-state index in [0.29, 0.717) is 18.6 Å². The van der Waals surface area contributed by atoms with Crippen LogP contribution >= 0.6 is 0 Å². The molecule has 0 amide bonds. The summed E-state index contributed by atoms with van der Waals surface area (Å²) in [4.78, 5) is 0. The van der Waals surface area contributed by atoms with E-state index in [1.807, 2.05) is 0 Å². The van der Waals surface area contributed by atoms with E-state index in [2.05, 4.69) is 13.8 Å². The monoisotopic (exact) mass is 355 g/mol. The van der Waals surface area contributed by atoms with Gasteiger partial charge in [0.25, 0.3) is 0 Å². The first-order valence-electron chi connectivity index (χ1n) is 8.70. The fourth-order valence-corrected chi connectivity index (χ4v) is 4.38. The lowest BCUT2D eigenvalue weighted by molar-refractivity contribution is 0.213. The maximum Gasteiger partial charge on any atom is 0.211 e. The summed E-state index contributed by atoms with van der Waals surface area (Å²) in [5.41, 5.74) is 0.813. The summed E-state index contributed by atoms with van der Waals surface area (Å²) in [5, 5.41) is 4.79. The Morgan fingerprint density at radius 1 is 1.21 bits per heavy atom. The number of rotatable bonds is 7. The minimum Gasteiger partial charge on any atom is -0.235 e. The molecule has 1 aliphatic carbocycles. The average Bonchev–Trinajstić information content (AvgIpc) is 2.54. The quantitative estimate of drug-likeness (QED) is 0.753. The normalized spacial score (nSPS) is 23.4. The molecule has 0 aromatic heterocycles. The van der Waals surface area contributed by atoms with Crippen LogP contribution in [0.4, 0.5) is 4.39 Å². The van der Waals surface area contributed by atoms with Crippen molar-refractivity contribution in [3.8, 4) is 0 Å². The van der Waals surface area contributed by atoms with Gasteiger partial charge in [0, 0.05) is 24.7 Å². The molecular formula is C18H28FN2O2S. The second kappa shape index (κ2) is 8.41. The Kier molecular flexibility index (Phi) is 6.78. The molecule has 2 rings (SSSR count). The standard InChI is InChI=1S/C18H28FN2O2S/c1-4-14(2)20-17-9-11-18(12-10-17)21(24(3,22)23)13-15-5-7-16(19)8-6-15/h5-8,14,17-18H,4,9-13H2,1-3H3/t14?,17-,18-. The lowest BCUT2D eigenvalue weighted by Gasteiger charge is -2.36. The predicted molar refractivity (Wildman–Crippen MR) is 94.7 cm³/mol. The van der Waals surface area contributed by atoms with E-state index >= 15 is 0 Å². The molecule has 1 aromatic rings. The summed E-state index contributed by atoms with van der Waals surface area (Å²) in [7, 11) is -3.31. The summed E-state index contributed by atoms with van der Waals surface area (Å²) >= 11 is 0. The highest BCUT2D eigenvalue weighted by atomic mass is 32.2. The summed E-state index contributed by atoms with van der Waals surface area (Å²) < 4.78 is 39.1. The molecule has 4 nitrogen and oxygen atoms in total. The fraction of sp³-hybridized carbons (Fsp3) is 0.667. The van der Waals surface area contributed by atoms with Gasteiger partial charge in [-0.05, 0) is 56.7 Å². The first kappa shape index (κ1) is 19.3. The largest absolute Gasteiger partial charge is 0.235 e. The zero-order valence-corrected chi connectivity index (χ0v) is 15.6. The molecule has 0 heterocycles. The van der Waals surface area contributed by atoms with Crippen LogP contribution in [0.2, 0.25) is 0 Å². The third-order valence-electron chi connectivity index (χ3n) is 4.81. The first-order valence-corrected chi connectivity index (χ1v) is 10.6. The van der Waals surface area contributed by atoms with Gasteiger partial charge in [0.2, 0.25) is 10.0 Å². The molecule has 6 heteroatoms. The molecule has 1 atom stereocenters. The highest BCUT2D eigenvalue weighted by Crippen LogP contribution is 2.27. The topological polar surface area (TPSA) is 51.5 Å². The summed E-state index contributed by atoms with van der Waals surface area (Å²) in [6.45, 7) is 4.56. The Hall–Kier alpha value is -0.980. The van der Waals surface area contributed by atoms with Crippen molar-refractivity contribution in [1.82, 2.24) is 9.62 Å². The van der Waals surface area contributed by atoms with Gasteiger partial charge < -0.3 is 0 Å². The minimum atomic E-state index is -3.31. The molecule has 1 fully saturated rings. The Bertz CT molecular complexity index is 610. The van der Waals surface area contributed by atoms with Gasteiger partial charge in [0.15, 0.2) is 0 Å². The molecule has 1 saturated carbocycles. The van der Waals surface area contributed by atoms with E-state index < -0.39 is 10.0 Å². The van der Waals surface area contributed by atoms with Crippen LogP contribution < -0.4 is 5.32 Å². The highest BCUT2D eigenvalue weighted by molar-refractivity contribution is 7.88. The van der Waals surface area contributed by atoms with Crippen LogP contribution in [0.15, 0.2) is 24.3 Å². The molecule has 0 saturated heterocycles. The third kappa shape index (κ3) is 5.53. The van der Waals surface area contributed by atoms with Gasteiger partial charge in [-0.2, -0.15) is 4.31 Å². The van der Waals surface area contributed by atoms with Crippen LogP contribution in [0, 0.1) is 5.82 Å². The predicted octanol–water partition coefficient (Wildman–Crippen LogP) is 3.30. The van der Waals surface area contributed by atoms with Gasteiger partial charge in [-0.3, -0.25) is 0 Å². The molecule has 0 bridgehead atoms. The number of benzene rings is 1. The number of hydrogen-bond donors (Lipinski definition) is 0. The zero-order valence-electron chi connectivity index (χ0n) is 14.8. The van der Waals surface area contributed by atoms with Crippen LogP contribution in [0.1, 0.15) is 51.5 Å². The van der Waals surface area contributed by atoms with Crippen molar-refractivity contribution >= 4 is 10.0 Å². The van der Waals surface area contributed by atoms with Crippen molar-refractivity contribution < 1.29 is 12.8 Å². The molecule has 1 aliphatic rings. The summed E-state index contributed by atoms with van der Waals surface area (Å²) in [6.07, 6.45) is 5.83. The first-order chi connectivity index (χ1) is 11.3. The maximum absolute atomic E-state index is 13.0. The minimum absolute atomic E-state index is 0.00781. The lowest BCUT2D eigenvalue weighted by atomic mass is 9.90. The van der Waals surface area contributed by atoms with Crippen LogP contribution in [-0.2, 0) is 16.6 Å². The highest BCUT2D eigenvalue weighted by Gasteiger charge is 2.31. The number of sulfonamides is 1. The van der Waals surface area contributed by atoms with Gasteiger partial charge in [0.05, 0.1) is 6.26 Å². The summed E-state index contributed by atoms with van der Waals surface area (Å²) in [5.74, 6) is -0.309. The van der Waals surface area contributed by atoms with Crippen molar-refractivity contribution in [3.05, 3.63) is 35.6 Å². The van der Waals surface area contributed by atoms with E-state index in [4.69, 9.17) is 5.32 Å². The second-order valence-corrected chi connectivity index (χ2v) is 8.74. The van der Waals surface area contributed by atoms with E-state index in [-0.39, 0.29) is 11.9 Å². The van der Waals surface area contributed by atoms with Crippen LogP contribution in [0.25, 0.3) is 0 Å². The Morgan fingerprint density at radius 2 is 1.79 bits per heavy atom. The molecule has 0 N–H and O–H groups in total. The smallest absolute Gasteiger partial charge is 0.211 e. The van der Waals surface area contributed by atoms with Crippen LogP contribution in [0.5, 0.6) is 0 Å². The van der Waals surface area contributed by atoms with Gasteiger partial charge >= 0.3 is 0 Å². The molecule has 24 heavy (non-hydrogen) atoms. The second-order valence-electron chi connectivity index (χ2n) is 6.80. The van der Waals surface area contributed by atoms with E-state index in [9.17, 15) is 12.8 Å². The average molecular weight is 355 g/mol. The molecule has 0 spiro atoms. The fourth-order valence-electron chi connectivity index (χ4n) is 3.25. The van der Waals surface area contributed by atoms with Crippen LogP contribution in [-0.4, -0.2) is 37.1 Å². The van der Waals surface area contributed by atoms with Crippen molar-refractivity contribution in [1.29, 1.82) is 0 Å². The lowest BCUT2D eigenvalue weighted by Crippen LogP contribution is -2.44. The van der Waals surface area contributed by atoms with E-state index in [1.54, 1.807) is 16.4 Å². The van der Waals surface area contributed by atoms with Crippen molar-refractivity contribution in [2.24, 2.45) is 0 Å². The summed E-state index contributed by atoms with van der Waals surface area (Å²) in [6, 6.07) is 6.78. The number of nitrogens with zero attached hydrogens (tertiary/aromatic N) is 2. The van der Waals surface area contributed by atoms with E-state index in [1.165, 1.54) is 18.4 Å². The SMILES string of the molecule is CCC(C)[N][C@H]1CC[C@H](N(Cc2ccc(F)cc2)S(C)(=O)=O)CC1. The van der Waals surface area contributed by atoms with Crippen molar-refractivity contribution in [2.45, 2.75) is 70.6 Å². The Balaban J connectivity index is 2.01. The Labute approximate surface area is 145 Å². The molecule has 1 aromatic carbocycles. The van der Waals surface area contributed by atoms with Crippen LogP contribution in [0.3, 0.4) is 0 Å². The Morgan fingerprint density at radius 3 is 2.29 bits per heavy atom. The van der Waals surface area contributed by atoms with Gasteiger partial charge in [0.1, 0.15) is 5.82 Å². The van der Waals surface area contributed by atoms with Crippen molar-refractivity contribution in [3.63, 3.8) is 0 Å². The molecular weight excluding hydrogens is 327 g/mol. The number of halogens is 1. The number of hydrogen-bond acceptors (Lipinski definition) is 2. The van der Waals surface area contributed by atoms with Gasteiger partial charge in [-0.15, -0.1) is 0 Å². The zero-order chi connectivity index (χ0) is 17.7. The molecule has 1 radical (unpaired) electrons.